The summed E-state index contributed by atoms with van der Waals surface area (Å²) >= 11 is 0. The van der Waals surface area contributed by atoms with E-state index in [1.54, 1.807) is 4.90 Å². The highest BCUT2D eigenvalue weighted by atomic mass is 16.2. The zero-order chi connectivity index (χ0) is 20.9. The first-order chi connectivity index (χ1) is 13.9. The van der Waals surface area contributed by atoms with Gasteiger partial charge in [-0.05, 0) is 49.3 Å². The van der Waals surface area contributed by atoms with Gasteiger partial charge in [-0.25, -0.2) is 0 Å². The largest absolute Gasteiger partial charge is 0.350 e. The summed E-state index contributed by atoms with van der Waals surface area (Å²) in [5.41, 5.74) is 4.56. The predicted molar refractivity (Wildman–Crippen MR) is 117 cm³/mol. The number of amides is 2. The number of carbonyl (C=O) groups is 2. The third-order valence-corrected chi connectivity index (χ3v) is 5.99. The minimum atomic E-state index is -0.314. The lowest BCUT2D eigenvalue weighted by Gasteiger charge is -2.30. The maximum Gasteiger partial charge on any atom is 0.222 e. The molecule has 0 aromatic heterocycles. The number of nitrogens with one attached hydrogen (secondary N) is 1. The van der Waals surface area contributed by atoms with Crippen molar-refractivity contribution in [2.45, 2.75) is 64.5 Å². The molecule has 2 amide bonds. The minimum Gasteiger partial charge on any atom is -0.350 e. The van der Waals surface area contributed by atoms with E-state index < -0.39 is 0 Å². The van der Waals surface area contributed by atoms with E-state index in [0.717, 1.165) is 24.8 Å². The third kappa shape index (κ3) is 5.69. The van der Waals surface area contributed by atoms with Crippen LogP contribution in [0.5, 0.6) is 0 Å². The van der Waals surface area contributed by atoms with E-state index in [0.29, 0.717) is 25.8 Å². The fraction of sp³-hybridized carbons (Fsp3) is 0.440. The van der Waals surface area contributed by atoms with Crippen molar-refractivity contribution in [2.24, 2.45) is 0 Å². The summed E-state index contributed by atoms with van der Waals surface area (Å²) in [5, 5.41) is 3.18. The molecule has 154 valence electrons. The Labute approximate surface area is 174 Å². The summed E-state index contributed by atoms with van der Waals surface area (Å²) < 4.78 is 0. The van der Waals surface area contributed by atoms with Crippen molar-refractivity contribution in [3.8, 4) is 0 Å². The Balaban J connectivity index is 1.60. The second kappa shape index (κ2) is 9.25. The van der Waals surface area contributed by atoms with E-state index in [1.807, 2.05) is 7.05 Å². The predicted octanol–water partition coefficient (Wildman–Crippen LogP) is 4.19. The lowest BCUT2D eigenvalue weighted by atomic mass is 9.84. The van der Waals surface area contributed by atoms with Gasteiger partial charge in [-0.3, -0.25) is 9.59 Å². The lowest BCUT2D eigenvalue weighted by Crippen LogP contribution is -2.44. The maximum atomic E-state index is 12.8. The van der Waals surface area contributed by atoms with Gasteiger partial charge in [0.2, 0.25) is 11.8 Å². The van der Waals surface area contributed by atoms with Crippen LogP contribution in [0.2, 0.25) is 0 Å². The number of rotatable bonds is 8. The molecule has 1 aliphatic rings. The molecule has 3 rings (SSSR count). The van der Waals surface area contributed by atoms with Crippen LogP contribution >= 0.6 is 0 Å². The van der Waals surface area contributed by atoms with Crippen LogP contribution in [0.25, 0.3) is 0 Å². The van der Waals surface area contributed by atoms with Crippen LogP contribution in [0.1, 0.15) is 54.9 Å². The minimum absolute atomic E-state index is 0.0916. The summed E-state index contributed by atoms with van der Waals surface area (Å²) in [6.07, 6.45) is 4.23. The molecule has 1 saturated heterocycles. The highest BCUT2D eigenvalue weighted by molar-refractivity contribution is 5.80. The van der Waals surface area contributed by atoms with Gasteiger partial charge in [0, 0.05) is 32.0 Å². The first-order valence-electron chi connectivity index (χ1n) is 10.6. The molecular weight excluding hydrogens is 360 g/mol. The molecule has 4 nitrogen and oxygen atoms in total. The van der Waals surface area contributed by atoms with Crippen molar-refractivity contribution in [2.75, 3.05) is 7.05 Å². The zero-order valence-corrected chi connectivity index (χ0v) is 17.8. The number of carbonyl (C=O) groups excluding carboxylic acids is 2. The Morgan fingerprint density at radius 1 is 1.03 bits per heavy atom. The van der Waals surface area contributed by atoms with Gasteiger partial charge in [-0.2, -0.15) is 0 Å². The van der Waals surface area contributed by atoms with Crippen LogP contribution in [-0.2, 0) is 29.0 Å². The van der Waals surface area contributed by atoms with Crippen molar-refractivity contribution in [3.63, 3.8) is 0 Å². The van der Waals surface area contributed by atoms with Gasteiger partial charge in [0.25, 0.3) is 0 Å². The number of hydrogen-bond acceptors (Lipinski definition) is 2. The summed E-state index contributed by atoms with van der Waals surface area (Å²) in [6, 6.07) is 16.9. The highest BCUT2D eigenvalue weighted by Crippen LogP contribution is 2.30. The molecule has 1 heterocycles. The van der Waals surface area contributed by atoms with E-state index in [4.69, 9.17) is 0 Å². The number of aryl methyl sites for hydroxylation is 2. The number of benzene rings is 2. The standard InChI is InChI=1S/C25H32N2O2/c1-4-20-9-11-22(12-10-20)18-27(3)24(29)14-16-25(15-13-23(28)26-25)17-21-7-5-19(2)6-8-21/h5-12H,4,13-18H2,1-3H3,(H,26,28)/t25-/m1/s1. The van der Waals surface area contributed by atoms with Crippen molar-refractivity contribution in [3.05, 3.63) is 70.8 Å². The van der Waals surface area contributed by atoms with E-state index in [9.17, 15) is 9.59 Å². The average molecular weight is 393 g/mol. The van der Waals surface area contributed by atoms with Gasteiger partial charge in [-0.1, -0.05) is 61.0 Å². The summed E-state index contributed by atoms with van der Waals surface area (Å²) in [6.45, 7) is 4.82. The molecule has 4 heteroatoms. The van der Waals surface area contributed by atoms with Crippen molar-refractivity contribution >= 4 is 11.8 Å². The number of hydrogen-bond donors (Lipinski definition) is 1. The van der Waals surface area contributed by atoms with Crippen molar-refractivity contribution < 1.29 is 9.59 Å². The molecule has 0 spiro atoms. The van der Waals surface area contributed by atoms with Crippen LogP contribution in [0.15, 0.2) is 48.5 Å². The maximum absolute atomic E-state index is 12.8. The van der Waals surface area contributed by atoms with Gasteiger partial charge in [0.15, 0.2) is 0 Å². The van der Waals surface area contributed by atoms with Gasteiger partial charge in [-0.15, -0.1) is 0 Å². The molecule has 0 bridgehead atoms. The molecule has 1 fully saturated rings. The zero-order valence-electron chi connectivity index (χ0n) is 17.8. The SMILES string of the molecule is CCc1ccc(CN(C)C(=O)CC[C@@]2(Cc3ccc(C)cc3)CCC(=O)N2)cc1. The van der Waals surface area contributed by atoms with Crippen LogP contribution < -0.4 is 5.32 Å². The molecule has 1 aliphatic heterocycles. The molecule has 0 radical (unpaired) electrons. The molecule has 1 N–H and O–H groups in total. The van der Waals surface area contributed by atoms with Crippen molar-refractivity contribution in [1.29, 1.82) is 0 Å². The third-order valence-electron chi connectivity index (χ3n) is 5.99. The molecule has 2 aromatic carbocycles. The summed E-state index contributed by atoms with van der Waals surface area (Å²) in [4.78, 5) is 26.5. The van der Waals surface area contributed by atoms with E-state index in [1.165, 1.54) is 16.7 Å². The van der Waals surface area contributed by atoms with Gasteiger partial charge >= 0.3 is 0 Å². The van der Waals surface area contributed by atoms with E-state index in [2.05, 4.69) is 67.7 Å². The smallest absolute Gasteiger partial charge is 0.222 e. The highest BCUT2D eigenvalue weighted by Gasteiger charge is 2.38. The van der Waals surface area contributed by atoms with Crippen LogP contribution in [0, 0.1) is 6.92 Å². The Bertz CT molecular complexity index is 842. The first kappa shape index (κ1) is 21.1. The first-order valence-corrected chi connectivity index (χ1v) is 10.6. The second-order valence-corrected chi connectivity index (χ2v) is 8.41. The molecule has 0 aliphatic carbocycles. The Morgan fingerprint density at radius 2 is 1.66 bits per heavy atom. The Kier molecular flexibility index (Phi) is 6.73. The van der Waals surface area contributed by atoms with E-state index >= 15 is 0 Å². The second-order valence-electron chi connectivity index (χ2n) is 8.41. The summed E-state index contributed by atoms with van der Waals surface area (Å²) in [5.74, 6) is 0.211. The number of nitrogens with zero attached hydrogens (tertiary/aromatic N) is 1. The Morgan fingerprint density at radius 3 is 2.24 bits per heavy atom. The molecule has 0 saturated carbocycles. The fourth-order valence-electron chi connectivity index (χ4n) is 4.06. The van der Waals surface area contributed by atoms with Gasteiger partial charge in [0.05, 0.1) is 0 Å². The quantitative estimate of drug-likeness (QED) is 0.732. The topological polar surface area (TPSA) is 49.4 Å². The molecule has 0 unspecified atom stereocenters. The van der Waals surface area contributed by atoms with Crippen molar-refractivity contribution in [1.82, 2.24) is 10.2 Å². The molecular formula is C25H32N2O2. The summed E-state index contributed by atoms with van der Waals surface area (Å²) in [7, 11) is 1.86. The normalized spacial score (nSPS) is 18.5. The van der Waals surface area contributed by atoms with Crippen LogP contribution in [-0.4, -0.2) is 29.3 Å². The monoisotopic (exact) mass is 392 g/mol. The average Bonchev–Trinajstić information content (AvgIpc) is 3.09. The van der Waals surface area contributed by atoms with Crippen LogP contribution in [0.4, 0.5) is 0 Å². The van der Waals surface area contributed by atoms with E-state index in [-0.39, 0.29) is 17.4 Å². The molecule has 29 heavy (non-hydrogen) atoms. The van der Waals surface area contributed by atoms with Gasteiger partial charge < -0.3 is 10.2 Å². The molecule has 2 aromatic rings. The van der Waals surface area contributed by atoms with Crippen LogP contribution in [0.3, 0.4) is 0 Å². The fourth-order valence-corrected chi connectivity index (χ4v) is 4.06. The lowest BCUT2D eigenvalue weighted by molar-refractivity contribution is -0.131. The Hall–Kier alpha value is -2.62. The molecule has 1 atom stereocenters. The van der Waals surface area contributed by atoms with Gasteiger partial charge in [0.1, 0.15) is 0 Å².